The van der Waals surface area contributed by atoms with Crippen LogP contribution in [0.25, 0.3) is 16.5 Å². The molecule has 0 atom stereocenters. The zero-order valence-electron chi connectivity index (χ0n) is 15.9. The Morgan fingerprint density at radius 3 is 2.45 bits per heavy atom. The predicted octanol–water partition coefficient (Wildman–Crippen LogP) is 3.34. The topological polar surface area (TPSA) is 54.6 Å². The molecule has 1 amide bonds. The molecule has 142 valence electrons. The van der Waals surface area contributed by atoms with Crippen LogP contribution in [0.15, 0.2) is 83.9 Å². The van der Waals surface area contributed by atoms with Crippen molar-refractivity contribution in [1.82, 2.24) is 4.57 Å². The van der Waals surface area contributed by atoms with Gasteiger partial charge >= 0.3 is 0 Å². The van der Waals surface area contributed by atoms with Gasteiger partial charge in [-0.3, -0.25) is 4.79 Å². The number of aryl methyl sites for hydroxylation is 2. The van der Waals surface area contributed by atoms with Crippen molar-refractivity contribution in [3.63, 3.8) is 0 Å². The minimum Gasteiger partial charge on any atom is -0.494 e. The second-order valence-electron chi connectivity index (χ2n) is 7.27. The highest BCUT2D eigenvalue weighted by Crippen LogP contribution is 2.36. The first-order valence-electron chi connectivity index (χ1n) is 9.81. The maximum Gasteiger partial charge on any atom is 0.279 e. The summed E-state index contributed by atoms with van der Waals surface area (Å²) >= 11 is 0. The molecule has 1 N–H and O–H groups in total. The van der Waals surface area contributed by atoms with Gasteiger partial charge in [0.15, 0.2) is 5.88 Å². The van der Waals surface area contributed by atoms with Crippen molar-refractivity contribution < 1.29 is 9.90 Å². The van der Waals surface area contributed by atoms with Crippen LogP contribution in [0.5, 0.6) is 5.88 Å². The van der Waals surface area contributed by atoms with E-state index in [1.165, 1.54) is 5.56 Å². The number of fused-ring (bicyclic) bond motifs is 2. The summed E-state index contributed by atoms with van der Waals surface area (Å²) in [4.78, 5) is 16.9. The Hall–Kier alpha value is -3.66. The number of aromatic nitrogens is 1. The van der Waals surface area contributed by atoms with Gasteiger partial charge in [0.2, 0.25) is 0 Å². The summed E-state index contributed by atoms with van der Waals surface area (Å²) < 4.78 is 1.91. The first-order valence-corrected chi connectivity index (χ1v) is 9.81. The molecule has 0 unspecified atom stereocenters. The van der Waals surface area contributed by atoms with Crippen molar-refractivity contribution in [2.24, 2.45) is 4.99 Å². The van der Waals surface area contributed by atoms with Gasteiger partial charge in [0.25, 0.3) is 5.91 Å². The molecule has 0 spiro atoms. The average Bonchev–Trinajstić information content (AvgIpc) is 3.22. The minimum atomic E-state index is -0.298. The summed E-state index contributed by atoms with van der Waals surface area (Å²) in [5.41, 5.74) is 3.27. The molecule has 0 fully saturated rings. The molecule has 0 aliphatic carbocycles. The molecule has 3 aromatic carbocycles. The highest BCUT2D eigenvalue weighted by molar-refractivity contribution is 6.24. The Kier molecular flexibility index (Phi) is 4.24. The SMILES string of the molecule is O=C1N=c2ccccc2=C1c1c(O)n(CCCc2ccccc2)c2ccccc12. The van der Waals surface area contributed by atoms with Gasteiger partial charge in [-0.1, -0.05) is 66.7 Å². The van der Waals surface area contributed by atoms with Crippen LogP contribution < -0.4 is 10.6 Å². The largest absolute Gasteiger partial charge is 0.494 e. The molecule has 0 saturated heterocycles. The van der Waals surface area contributed by atoms with E-state index in [2.05, 4.69) is 17.1 Å². The monoisotopic (exact) mass is 380 g/mol. The number of rotatable bonds is 5. The lowest BCUT2D eigenvalue weighted by molar-refractivity contribution is -0.112. The summed E-state index contributed by atoms with van der Waals surface area (Å²) in [6.07, 6.45) is 1.82. The van der Waals surface area contributed by atoms with E-state index in [-0.39, 0.29) is 11.8 Å². The van der Waals surface area contributed by atoms with Gasteiger partial charge in [-0.15, -0.1) is 0 Å². The smallest absolute Gasteiger partial charge is 0.279 e. The normalized spacial score (nSPS) is 13.0. The molecular formula is C25H20N2O2. The molecule has 5 rings (SSSR count). The molecule has 29 heavy (non-hydrogen) atoms. The third-order valence-electron chi connectivity index (χ3n) is 5.49. The van der Waals surface area contributed by atoms with Crippen molar-refractivity contribution >= 4 is 22.4 Å². The van der Waals surface area contributed by atoms with E-state index < -0.39 is 0 Å². The highest BCUT2D eigenvalue weighted by Gasteiger charge is 2.26. The molecule has 1 aromatic heterocycles. The summed E-state index contributed by atoms with van der Waals surface area (Å²) in [5, 5.41) is 13.5. The van der Waals surface area contributed by atoms with Gasteiger partial charge in [0.1, 0.15) is 0 Å². The van der Waals surface area contributed by atoms with E-state index in [1.54, 1.807) is 0 Å². The van der Waals surface area contributed by atoms with Crippen molar-refractivity contribution in [3.8, 4) is 5.88 Å². The van der Waals surface area contributed by atoms with Crippen molar-refractivity contribution in [2.45, 2.75) is 19.4 Å². The van der Waals surface area contributed by atoms with Crippen LogP contribution in [0, 0.1) is 0 Å². The molecule has 2 heterocycles. The average molecular weight is 380 g/mol. The predicted molar refractivity (Wildman–Crippen MR) is 113 cm³/mol. The quantitative estimate of drug-likeness (QED) is 0.577. The van der Waals surface area contributed by atoms with E-state index in [0.29, 0.717) is 23.0 Å². The number of carbonyl (C=O) groups is 1. The Balaban J connectivity index is 1.61. The minimum absolute atomic E-state index is 0.134. The number of hydrogen-bond donors (Lipinski definition) is 1. The van der Waals surface area contributed by atoms with E-state index in [0.717, 1.165) is 29.0 Å². The molecule has 4 aromatic rings. The Morgan fingerprint density at radius 1 is 0.862 bits per heavy atom. The maximum absolute atomic E-state index is 12.7. The van der Waals surface area contributed by atoms with Gasteiger partial charge in [0, 0.05) is 17.1 Å². The van der Waals surface area contributed by atoms with E-state index in [9.17, 15) is 9.90 Å². The van der Waals surface area contributed by atoms with Gasteiger partial charge in [-0.25, -0.2) is 4.99 Å². The van der Waals surface area contributed by atoms with Gasteiger partial charge in [-0.2, -0.15) is 0 Å². The van der Waals surface area contributed by atoms with Crippen LogP contribution in [0.1, 0.15) is 17.5 Å². The summed E-state index contributed by atoms with van der Waals surface area (Å²) in [6.45, 7) is 0.668. The Bertz CT molecular complexity index is 1350. The molecule has 1 aliphatic rings. The first-order chi connectivity index (χ1) is 14.2. The molecule has 1 aliphatic heterocycles. The molecule has 0 bridgehead atoms. The zero-order valence-corrected chi connectivity index (χ0v) is 15.9. The van der Waals surface area contributed by atoms with Gasteiger partial charge < -0.3 is 9.67 Å². The number of carbonyl (C=O) groups excluding carboxylic acids is 1. The number of aromatic hydroxyl groups is 1. The molecule has 0 saturated carbocycles. The fourth-order valence-electron chi connectivity index (χ4n) is 4.15. The zero-order chi connectivity index (χ0) is 19.8. The van der Waals surface area contributed by atoms with E-state index >= 15 is 0 Å². The summed E-state index contributed by atoms with van der Waals surface area (Å²) in [7, 11) is 0. The number of para-hydroxylation sites is 2. The lowest BCUT2D eigenvalue weighted by Crippen LogP contribution is -2.22. The van der Waals surface area contributed by atoms with Crippen LogP contribution in [0.2, 0.25) is 0 Å². The molecule has 4 nitrogen and oxygen atoms in total. The summed E-state index contributed by atoms with van der Waals surface area (Å²) in [5.74, 6) is -0.164. The number of benzene rings is 3. The molecule has 0 radical (unpaired) electrons. The second kappa shape index (κ2) is 7.06. The highest BCUT2D eigenvalue weighted by atomic mass is 16.3. The van der Waals surface area contributed by atoms with E-state index in [4.69, 9.17) is 0 Å². The first kappa shape index (κ1) is 17.4. The van der Waals surface area contributed by atoms with Gasteiger partial charge in [-0.05, 0) is 30.5 Å². The number of hydrogen-bond acceptors (Lipinski definition) is 2. The van der Waals surface area contributed by atoms with Crippen molar-refractivity contribution in [1.29, 1.82) is 0 Å². The third kappa shape index (κ3) is 2.93. The fraction of sp³-hybridized carbons (Fsp3) is 0.120. The van der Waals surface area contributed by atoms with Crippen LogP contribution >= 0.6 is 0 Å². The Morgan fingerprint density at radius 2 is 1.59 bits per heavy atom. The van der Waals surface area contributed by atoms with E-state index in [1.807, 2.05) is 71.3 Å². The van der Waals surface area contributed by atoms with Crippen LogP contribution in [0.4, 0.5) is 0 Å². The Labute approximate surface area is 168 Å². The lowest BCUT2D eigenvalue weighted by atomic mass is 10.0. The van der Waals surface area contributed by atoms with Crippen molar-refractivity contribution in [2.75, 3.05) is 0 Å². The number of amides is 1. The third-order valence-corrected chi connectivity index (χ3v) is 5.49. The summed E-state index contributed by atoms with van der Waals surface area (Å²) in [6, 6.07) is 25.6. The lowest BCUT2D eigenvalue weighted by Gasteiger charge is -2.08. The maximum atomic E-state index is 12.7. The fourth-order valence-corrected chi connectivity index (χ4v) is 4.15. The van der Waals surface area contributed by atoms with Crippen molar-refractivity contribution in [3.05, 3.63) is 101 Å². The molecular weight excluding hydrogens is 360 g/mol. The molecule has 4 heteroatoms. The number of nitrogens with zero attached hydrogens (tertiary/aromatic N) is 2. The standard InChI is InChI=1S/C25H20N2O2/c28-24-22(18-12-4-6-14-20(18)26-24)23-19-13-5-7-15-21(19)27(25(23)29)16-8-11-17-9-2-1-3-10-17/h1-7,9-10,12-15,29H,8,11,16H2. The van der Waals surface area contributed by atoms with Crippen LogP contribution in [0.3, 0.4) is 0 Å². The second-order valence-corrected chi connectivity index (χ2v) is 7.27. The van der Waals surface area contributed by atoms with Crippen LogP contribution in [-0.2, 0) is 17.8 Å². The van der Waals surface area contributed by atoms with Crippen LogP contribution in [-0.4, -0.2) is 15.6 Å². The van der Waals surface area contributed by atoms with Gasteiger partial charge in [0.05, 0.1) is 22.0 Å².